The van der Waals surface area contributed by atoms with E-state index in [2.05, 4.69) is 0 Å². The van der Waals surface area contributed by atoms with Crippen molar-refractivity contribution in [1.82, 2.24) is 14.7 Å². The summed E-state index contributed by atoms with van der Waals surface area (Å²) in [7, 11) is 0. The van der Waals surface area contributed by atoms with Crippen LogP contribution in [0.2, 0.25) is 0 Å². The Morgan fingerprint density at radius 3 is 1.96 bits per heavy atom. The highest BCUT2D eigenvalue weighted by molar-refractivity contribution is 6.34. The van der Waals surface area contributed by atoms with E-state index in [1.165, 1.54) is 16.1 Å². The first-order chi connectivity index (χ1) is 11.2. The third-order valence-corrected chi connectivity index (χ3v) is 4.07. The highest BCUT2D eigenvalue weighted by Crippen LogP contribution is 2.10. The van der Waals surface area contributed by atoms with Gasteiger partial charge in [0, 0.05) is 39.3 Å². The van der Waals surface area contributed by atoms with E-state index in [1.54, 1.807) is 17.0 Å². The Bertz CT molecular complexity index is 572. The van der Waals surface area contributed by atoms with E-state index >= 15 is 0 Å². The number of furan rings is 1. The SMILES string of the molecule is O=C(C(=O)N1CCN(C(=O)c2ccco2)CC1)N1CCOCC1. The number of carbonyl (C=O) groups excluding carboxylic acids is 3. The maximum atomic E-state index is 12.3. The molecule has 1 aromatic rings. The van der Waals surface area contributed by atoms with Gasteiger partial charge in [0.15, 0.2) is 5.76 Å². The van der Waals surface area contributed by atoms with Crippen LogP contribution in [0.5, 0.6) is 0 Å². The topological polar surface area (TPSA) is 83.3 Å². The summed E-state index contributed by atoms with van der Waals surface area (Å²) in [5, 5.41) is 0. The lowest BCUT2D eigenvalue weighted by Gasteiger charge is -2.35. The maximum Gasteiger partial charge on any atom is 0.312 e. The van der Waals surface area contributed by atoms with Gasteiger partial charge in [0.1, 0.15) is 0 Å². The highest BCUT2D eigenvalue weighted by Gasteiger charge is 2.31. The summed E-state index contributed by atoms with van der Waals surface area (Å²) in [5.74, 6) is -0.896. The molecule has 0 unspecified atom stereocenters. The number of piperazine rings is 1. The summed E-state index contributed by atoms with van der Waals surface area (Å²) in [6, 6.07) is 3.27. The molecule has 0 atom stereocenters. The molecule has 124 valence electrons. The largest absolute Gasteiger partial charge is 0.459 e. The Morgan fingerprint density at radius 1 is 0.826 bits per heavy atom. The minimum absolute atomic E-state index is 0.193. The predicted molar refractivity (Wildman–Crippen MR) is 78.6 cm³/mol. The number of nitrogens with zero attached hydrogens (tertiary/aromatic N) is 3. The fourth-order valence-corrected chi connectivity index (χ4v) is 2.71. The number of carbonyl (C=O) groups is 3. The number of morpholine rings is 1. The molecule has 2 aliphatic heterocycles. The summed E-state index contributed by atoms with van der Waals surface area (Å²) in [5.41, 5.74) is 0. The van der Waals surface area contributed by atoms with Crippen molar-refractivity contribution < 1.29 is 23.5 Å². The number of rotatable bonds is 1. The van der Waals surface area contributed by atoms with Gasteiger partial charge in [0.2, 0.25) is 0 Å². The van der Waals surface area contributed by atoms with Gasteiger partial charge in [-0.1, -0.05) is 0 Å². The predicted octanol–water partition coefficient (Wildman–Crippen LogP) is -0.577. The normalized spacial score (nSPS) is 18.9. The summed E-state index contributed by atoms with van der Waals surface area (Å²) >= 11 is 0. The molecule has 0 aliphatic carbocycles. The molecule has 0 N–H and O–H groups in total. The summed E-state index contributed by atoms with van der Waals surface area (Å²) < 4.78 is 10.3. The zero-order valence-corrected chi connectivity index (χ0v) is 12.8. The Labute approximate surface area is 133 Å². The zero-order valence-electron chi connectivity index (χ0n) is 12.8. The Kier molecular flexibility index (Phi) is 4.61. The van der Waals surface area contributed by atoms with Crippen LogP contribution >= 0.6 is 0 Å². The van der Waals surface area contributed by atoms with Gasteiger partial charge >= 0.3 is 11.8 Å². The van der Waals surface area contributed by atoms with Gasteiger partial charge < -0.3 is 23.9 Å². The lowest BCUT2D eigenvalue weighted by Crippen LogP contribution is -2.55. The molecule has 0 spiro atoms. The first-order valence-corrected chi connectivity index (χ1v) is 7.65. The van der Waals surface area contributed by atoms with Crippen LogP contribution in [-0.4, -0.2) is 84.9 Å². The molecule has 0 radical (unpaired) electrons. The van der Waals surface area contributed by atoms with Crippen molar-refractivity contribution in [2.75, 3.05) is 52.5 Å². The van der Waals surface area contributed by atoms with E-state index in [0.29, 0.717) is 52.5 Å². The fraction of sp³-hybridized carbons (Fsp3) is 0.533. The van der Waals surface area contributed by atoms with Gasteiger partial charge in [-0.2, -0.15) is 0 Å². The monoisotopic (exact) mass is 321 g/mol. The van der Waals surface area contributed by atoms with E-state index in [0.717, 1.165) is 0 Å². The number of ether oxygens (including phenoxy) is 1. The molecule has 23 heavy (non-hydrogen) atoms. The van der Waals surface area contributed by atoms with Crippen molar-refractivity contribution in [3.8, 4) is 0 Å². The van der Waals surface area contributed by atoms with Crippen LogP contribution < -0.4 is 0 Å². The first-order valence-electron chi connectivity index (χ1n) is 7.65. The smallest absolute Gasteiger partial charge is 0.312 e. The average Bonchev–Trinajstić information content (AvgIpc) is 3.15. The standard InChI is InChI=1S/C15H19N3O5/c19-13(12-2-1-9-23-12)16-3-5-17(6-4-16)14(20)15(21)18-7-10-22-11-8-18/h1-2,9H,3-8,10-11H2. The van der Waals surface area contributed by atoms with E-state index in [-0.39, 0.29) is 11.7 Å². The molecule has 0 aromatic carbocycles. The molecule has 0 saturated carbocycles. The van der Waals surface area contributed by atoms with Gasteiger partial charge in [-0.3, -0.25) is 14.4 Å². The minimum atomic E-state index is -0.503. The first kappa shape index (κ1) is 15.5. The van der Waals surface area contributed by atoms with Crippen LogP contribution in [0.15, 0.2) is 22.8 Å². The average molecular weight is 321 g/mol. The molecule has 8 heteroatoms. The zero-order chi connectivity index (χ0) is 16.2. The lowest BCUT2D eigenvalue weighted by molar-refractivity contribution is -0.154. The Balaban J connectivity index is 1.53. The Morgan fingerprint density at radius 2 is 1.39 bits per heavy atom. The van der Waals surface area contributed by atoms with E-state index in [9.17, 15) is 14.4 Å². The van der Waals surface area contributed by atoms with Crippen LogP contribution in [0.3, 0.4) is 0 Å². The van der Waals surface area contributed by atoms with Crippen LogP contribution in [0.1, 0.15) is 10.6 Å². The van der Waals surface area contributed by atoms with Gasteiger partial charge in [-0.25, -0.2) is 0 Å². The van der Waals surface area contributed by atoms with Crippen molar-refractivity contribution in [1.29, 1.82) is 0 Å². The molecule has 3 rings (SSSR count). The molecule has 2 saturated heterocycles. The minimum Gasteiger partial charge on any atom is -0.459 e. The van der Waals surface area contributed by atoms with Gasteiger partial charge in [0.25, 0.3) is 5.91 Å². The molecule has 8 nitrogen and oxygen atoms in total. The van der Waals surface area contributed by atoms with Gasteiger partial charge in [-0.05, 0) is 12.1 Å². The molecule has 3 amide bonds. The lowest BCUT2D eigenvalue weighted by atomic mass is 10.2. The fourth-order valence-electron chi connectivity index (χ4n) is 2.71. The Hall–Kier alpha value is -2.35. The van der Waals surface area contributed by atoms with Crippen molar-refractivity contribution in [2.45, 2.75) is 0 Å². The summed E-state index contributed by atoms with van der Waals surface area (Å²) in [6.07, 6.45) is 1.45. The van der Waals surface area contributed by atoms with Crippen molar-refractivity contribution in [3.05, 3.63) is 24.2 Å². The summed E-state index contributed by atoms with van der Waals surface area (Å²) in [4.78, 5) is 41.3. The second kappa shape index (κ2) is 6.82. The molecule has 0 bridgehead atoms. The highest BCUT2D eigenvalue weighted by atomic mass is 16.5. The van der Waals surface area contributed by atoms with Crippen molar-refractivity contribution >= 4 is 17.7 Å². The third-order valence-electron chi connectivity index (χ3n) is 4.07. The van der Waals surface area contributed by atoms with Crippen molar-refractivity contribution in [3.63, 3.8) is 0 Å². The number of hydrogen-bond acceptors (Lipinski definition) is 5. The van der Waals surface area contributed by atoms with Crippen LogP contribution in [0.25, 0.3) is 0 Å². The third kappa shape index (κ3) is 3.37. The van der Waals surface area contributed by atoms with E-state index in [1.807, 2.05) is 0 Å². The molecule has 3 heterocycles. The quantitative estimate of drug-likeness (QED) is 0.647. The number of amides is 3. The molecule has 1 aromatic heterocycles. The van der Waals surface area contributed by atoms with Crippen LogP contribution in [-0.2, 0) is 14.3 Å². The molecular weight excluding hydrogens is 302 g/mol. The second-order valence-electron chi connectivity index (χ2n) is 5.47. The van der Waals surface area contributed by atoms with Gasteiger partial charge in [-0.15, -0.1) is 0 Å². The molecule has 2 aliphatic rings. The molecule has 2 fully saturated rings. The van der Waals surface area contributed by atoms with E-state index < -0.39 is 11.8 Å². The second-order valence-corrected chi connectivity index (χ2v) is 5.47. The number of hydrogen-bond donors (Lipinski definition) is 0. The van der Waals surface area contributed by atoms with Gasteiger partial charge in [0.05, 0.1) is 19.5 Å². The molecular formula is C15H19N3O5. The summed E-state index contributed by atoms with van der Waals surface area (Å²) in [6.45, 7) is 3.30. The maximum absolute atomic E-state index is 12.3. The van der Waals surface area contributed by atoms with Crippen LogP contribution in [0, 0.1) is 0 Å². The van der Waals surface area contributed by atoms with Crippen molar-refractivity contribution in [2.24, 2.45) is 0 Å². The van der Waals surface area contributed by atoms with Crippen LogP contribution in [0.4, 0.5) is 0 Å². The van der Waals surface area contributed by atoms with E-state index in [4.69, 9.17) is 9.15 Å².